The number of hydrogen-bond acceptors (Lipinski definition) is 3. The van der Waals surface area contributed by atoms with Gasteiger partial charge >= 0.3 is 0 Å². The molecule has 2 unspecified atom stereocenters. The zero-order chi connectivity index (χ0) is 14.6. The number of sulfonamides is 1. The Balaban J connectivity index is 3.08. The summed E-state index contributed by atoms with van der Waals surface area (Å²) in [5.41, 5.74) is 0.500. The van der Waals surface area contributed by atoms with E-state index in [9.17, 15) is 12.8 Å². The molecule has 6 heteroatoms. The van der Waals surface area contributed by atoms with Crippen LogP contribution in [0, 0.1) is 5.82 Å². The van der Waals surface area contributed by atoms with E-state index < -0.39 is 15.8 Å². The molecule has 0 amide bonds. The molecule has 0 fully saturated rings. The van der Waals surface area contributed by atoms with Gasteiger partial charge in [-0.1, -0.05) is 26.8 Å². The van der Waals surface area contributed by atoms with Crippen LogP contribution in [0.2, 0.25) is 0 Å². The van der Waals surface area contributed by atoms with Crippen LogP contribution >= 0.6 is 0 Å². The second-order valence-corrected chi connectivity index (χ2v) is 6.15. The number of likely N-dealkylation sites (N-methyl/N-ethyl adjacent to an activating group) is 1. The van der Waals surface area contributed by atoms with Crippen LogP contribution < -0.4 is 10.5 Å². The van der Waals surface area contributed by atoms with Gasteiger partial charge in [0, 0.05) is 6.04 Å². The van der Waals surface area contributed by atoms with Crippen molar-refractivity contribution >= 4 is 10.0 Å². The highest BCUT2D eigenvalue weighted by molar-refractivity contribution is 7.89. The molecule has 0 saturated carbocycles. The molecule has 0 aliphatic carbocycles. The summed E-state index contributed by atoms with van der Waals surface area (Å²) in [6.45, 7) is 6.75. The third-order valence-corrected chi connectivity index (χ3v) is 4.21. The second-order valence-electron chi connectivity index (χ2n) is 4.59. The van der Waals surface area contributed by atoms with Crippen LogP contribution in [-0.2, 0) is 10.0 Å². The van der Waals surface area contributed by atoms with E-state index in [1.54, 1.807) is 0 Å². The highest BCUT2D eigenvalue weighted by Gasteiger charge is 2.21. The second kappa shape index (κ2) is 6.45. The minimum Gasteiger partial charge on any atom is -0.314 e. The largest absolute Gasteiger partial charge is 0.314 e. The standard InChI is InChI=1S/C13H21FN2O2S/c1-4-13(16-5-2)9(3)11-7-6-10(8-12(11)14)19(15,17)18/h6-9,13,16H,4-5H2,1-3H3,(H2,15,17,18). The van der Waals surface area contributed by atoms with Crippen molar-refractivity contribution in [2.75, 3.05) is 6.54 Å². The Kier molecular flexibility index (Phi) is 5.46. The van der Waals surface area contributed by atoms with Gasteiger partial charge in [-0.2, -0.15) is 0 Å². The molecule has 108 valence electrons. The molecule has 0 radical (unpaired) electrons. The SMILES string of the molecule is CCNC(CC)C(C)c1ccc(S(N)(=O)=O)cc1F. The topological polar surface area (TPSA) is 72.2 Å². The summed E-state index contributed by atoms with van der Waals surface area (Å²) in [5.74, 6) is -0.574. The maximum Gasteiger partial charge on any atom is 0.238 e. The molecule has 0 heterocycles. The Morgan fingerprint density at radius 3 is 2.42 bits per heavy atom. The summed E-state index contributed by atoms with van der Waals surface area (Å²) in [4.78, 5) is -0.197. The molecule has 3 N–H and O–H groups in total. The Hall–Kier alpha value is -0.980. The smallest absolute Gasteiger partial charge is 0.238 e. The normalized spacial score (nSPS) is 15.2. The summed E-state index contributed by atoms with van der Waals surface area (Å²) in [7, 11) is -3.86. The van der Waals surface area contributed by atoms with Crippen LogP contribution in [0.3, 0.4) is 0 Å². The van der Waals surface area contributed by atoms with Gasteiger partial charge in [0.25, 0.3) is 0 Å². The van der Waals surface area contributed by atoms with E-state index in [4.69, 9.17) is 5.14 Å². The third-order valence-electron chi connectivity index (χ3n) is 3.30. The number of rotatable bonds is 6. The van der Waals surface area contributed by atoms with Gasteiger partial charge in [-0.15, -0.1) is 0 Å². The van der Waals surface area contributed by atoms with Gasteiger partial charge in [0.15, 0.2) is 0 Å². The Morgan fingerprint density at radius 1 is 1.37 bits per heavy atom. The molecule has 0 aliphatic rings. The lowest BCUT2D eigenvalue weighted by atomic mass is 9.91. The quantitative estimate of drug-likeness (QED) is 0.840. The minimum absolute atomic E-state index is 0.0421. The number of nitrogens with one attached hydrogen (secondary N) is 1. The van der Waals surface area contributed by atoms with Gasteiger partial charge in [-0.05, 0) is 36.6 Å². The average Bonchev–Trinajstić information content (AvgIpc) is 2.34. The van der Waals surface area contributed by atoms with Crippen molar-refractivity contribution in [1.82, 2.24) is 5.32 Å². The lowest BCUT2D eigenvalue weighted by molar-refractivity contribution is 0.435. The van der Waals surface area contributed by atoms with Crippen molar-refractivity contribution in [2.24, 2.45) is 5.14 Å². The molecule has 0 aliphatic heterocycles. The molecule has 2 atom stereocenters. The van der Waals surface area contributed by atoms with Gasteiger partial charge in [-0.25, -0.2) is 17.9 Å². The van der Waals surface area contributed by atoms with E-state index in [0.717, 1.165) is 19.0 Å². The monoisotopic (exact) mass is 288 g/mol. The number of primary sulfonamides is 1. The molecule has 0 saturated heterocycles. The van der Waals surface area contributed by atoms with Crippen LogP contribution in [0.1, 0.15) is 38.7 Å². The predicted molar refractivity (Wildman–Crippen MR) is 73.9 cm³/mol. The van der Waals surface area contributed by atoms with Crippen molar-refractivity contribution in [3.8, 4) is 0 Å². The van der Waals surface area contributed by atoms with Gasteiger partial charge in [-0.3, -0.25) is 0 Å². The van der Waals surface area contributed by atoms with Crippen LogP contribution in [0.15, 0.2) is 23.1 Å². The fraction of sp³-hybridized carbons (Fsp3) is 0.538. The predicted octanol–water partition coefficient (Wildman–Crippen LogP) is 1.96. The molecular weight excluding hydrogens is 267 g/mol. The van der Waals surface area contributed by atoms with Gasteiger partial charge < -0.3 is 5.32 Å². The van der Waals surface area contributed by atoms with Crippen molar-refractivity contribution in [3.63, 3.8) is 0 Å². The Labute approximate surface area is 114 Å². The van der Waals surface area contributed by atoms with E-state index in [0.29, 0.717) is 5.56 Å². The zero-order valence-electron chi connectivity index (χ0n) is 11.5. The molecule has 0 bridgehead atoms. The van der Waals surface area contributed by atoms with Crippen LogP contribution in [0.5, 0.6) is 0 Å². The summed E-state index contributed by atoms with van der Waals surface area (Å²) in [6, 6.07) is 3.99. The first kappa shape index (κ1) is 16.1. The van der Waals surface area contributed by atoms with Gasteiger partial charge in [0.1, 0.15) is 5.82 Å². The average molecular weight is 288 g/mol. The summed E-state index contributed by atoms with van der Waals surface area (Å²) < 4.78 is 36.3. The lowest BCUT2D eigenvalue weighted by Gasteiger charge is -2.24. The zero-order valence-corrected chi connectivity index (χ0v) is 12.3. The molecule has 4 nitrogen and oxygen atoms in total. The molecule has 0 aromatic heterocycles. The van der Waals surface area contributed by atoms with Crippen LogP contribution in [0.4, 0.5) is 4.39 Å². The highest BCUT2D eigenvalue weighted by atomic mass is 32.2. The van der Waals surface area contributed by atoms with Crippen molar-refractivity contribution in [2.45, 2.75) is 44.0 Å². The summed E-state index contributed by atoms with van der Waals surface area (Å²) >= 11 is 0. The van der Waals surface area contributed by atoms with E-state index in [2.05, 4.69) is 5.32 Å². The van der Waals surface area contributed by atoms with Crippen molar-refractivity contribution < 1.29 is 12.8 Å². The van der Waals surface area contributed by atoms with Gasteiger partial charge in [0.2, 0.25) is 10.0 Å². The Bertz CT molecular complexity index is 531. The minimum atomic E-state index is -3.86. The number of hydrogen-bond donors (Lipinski definition) is 2. The summed E-state index contributed by atoms with van der Waals surface area (Å²) in [6.07, 6.45) is 0.866. The third kappa shape index (κ3) is 3.99. The van der Waals surface area contributed by atoms with Crippen LogP contribution in [0.25, 0.3) is 0 Å². The molecule has 1 aromatic rings. The number of benzene rings is 1. The van der Waals surface area contributed by atoms with Crippen molar-refractivity contribution in [3.05, 3.63) is 29.6 Å². The number of nitrogens with two attached hydrogens (primary N) is 1. The maximum atomic E-state index is 14.0. The summed E-state index contributed by atoms with van der Waals surface area (Å²) in [5, 5.41) is 8.27. The van der Waals surface area contributed by atoms with E-state index in [1.807, 2.05) is 20.8 Å². The fourth-order valence-electron chi connectivity index (χ4n) is 2.21. The first-order valence-corrected chi connectivity index (χ1v) is 7.91. The molecule has 0 spiro atoms. The first-order chi connectivity index (χ1) is 8.81. The lowest BCUT2D eigenvalue weighted by Crippen LogP contribution is -2.33. The molecular formula is C13H21FN2O2S. The molecule has 1 aromatic carbocycles. The van der Waals surface area contributed by atoms with E-state index in [1.165, 1.54) is 12.1 Å². The van der Waals surface area contributed by atoms with Crippen molar-refractivity contribution in [1.29, 1.82) is 0 Å². The van der Waals surface area contributed by atoms with Crippen LogP contribution in [-0.4, -0.2) is 21.0 Å². The maximum absolute atomic E-state index is 14.0. The molecule has 1 rings (SSSR count). The highest BCUT2D eigenvalue weighted by Crippen LogP contribution is 2.25. The Morgan fingerprint density at radius 2 is 2.00 bits per heavy atom. The fourth-order valence-corrected chi connectivity index (χ4v) is 2.73. The van der Waals surface area contributed by atoms with Gasteiger partial charge in [0.05, 0.1) is 4.90 Å². The van der Waals surface area contributed by atoms with E-state index in [-0.39, 0.29) is 16.9 Å². The molecule has 19 heavy (non-hydrogen) atoms. The van der Waals surface area contributed by atoms with E-state index >= 15 is 0 Å². The first-order valence-electron chi connectivity index (χ1n) is 6.36. The number of halogens is 1.